The van der Waals surface area contributed by atoms with Crippen LogP contribution in [0.3, 0.4) is 0 Å². The van der Waals surface area contributed by atoms with Crippen LogP contribution in [0, 0.1) is 10.8 Å². The SMILES string of the molecule is CCN1CC2(C1)CN(c1ccc(Nc3ncc4cccc(N5CCC6(CCN(C(C)=O)C6)C5)c4n3)nc1)C2. The van der Waals surface area contributed by atoms with Crippen molar-refractivity contribution in [1.82, 2.24) is 24.8 Å². The van der Waals surface area contributed by atoms with E-state index in [1.54, 1.807) is 6.92 Å². The van der Waals surface area contributed by atoms with Crippen LogP contribution in [0.4, 0.5) is 23.1 Å². The fraction of sp³-hybridized carbons (Fsp3) is 0.517. The Balaban J connectivity index is 1.04. The fourth-order valence-electron chi connectivity index (χ4n) is 7.07. The molecule has 2 aromatic heterocycles. The number of hydrogen-bond donors (Lipinski definition) is 1. The predicted molar refractivity (Wildman–Crippen MR) is 150 cm³/mol. The van der Waals surface area contributed by atoms with E-state index < -0.39 is 0 Å². The molecule has 9 nitrogen and oxygen atoms in total. The Labute approximate surface area is 223 Å². The number of carbonyl (C=O) groups excluding carboxylic acids is 1. The molecule has 1 N–H and O–H groups in total. The van der Waals surface area contributed by atoms with Gasteiger partial charge in [0, 0.05) is 81.7 Å². The Hall–Kier alpha value is -3.46. The van der Waals surface area contributed by atoms with Gasteiger partial charge in [-0.3, -0.25) is 4.79 Å². The number of carbonyl (C=O) groups is 1. The maximum absolute atomic E-state index is 11.9. The van der Waals surface area contributed by atoms with E-state index in [9.17, 15) is 4.79 Å². The first-order valence-corrected chi connectivity index (χ1v) is 13.9. The van der Waals surface area contributed by atoms with Gasteiger partial charge in [0.15, 0.2) is 0 Å². The van der Waals surface area contributed by atoms with Crippen LogP contribution in [-0.4, -0.2) is 89.6 Å². The average Bonchev–Trinajstić information content (AvgIpc) is 3.50. The number of rotatable bonds is 5. The lowest BCUT2D eigenvalue weighted by molar-refractivity contribution is -0.128. The van der Waals surface area contributed by atoms with Crippen LogP contribution >= 0.6 is 0 Å². The van der Waals surface area contributed by atoms with Crippen LogP contribution in [-0.2, 0) is 4.79 Å². The van der Waals surface area contributed by atoms with Gasteiger partial charge in [0.25, 0.3) is 0 Å². The number of aromatic nitrogens is 3. The normalized spacial score (nSPS) is 24.3. The monoisotopic (exact) mass is 512 g/mol. The van der Waals surface area contributed by atoms with E-state index in [2.05, 4.69) is 61.2 Å². The molecule has 0 saturated carbocycles. The Morgan fingerprint density at radius 2 is 1.74 bits per heavy atom. The van der Waals surface area contributed by atoms with E-state index in [0.717, 1.165) is 81.1 Å². The van der Waals surface area contributed by atoms with Gasteiger partial charge < -0.3 is 24.9 Å². The molecule has 0 radical (unpaired) electrons. The smallest absolute Gasteiger partial charge is 0.228 e. The van der Waals surface area contributed by atoms with E-state index in [0.29, 0.717) is 11.4 Å². The lowest BCUT2D eigenvalue weighted by Gasteiger charge is -2.61. The van der Waals surface area contributed by atoms with Gasteiger partial charge in [0.1, 0.15) is 5.82 Å². The zero-order chi connectivity index (χ0) is 25.9. The van der Waals surface area contributed by atoms with Crippen LogP contribution in [0.5, 0.6) is 0 Å². The number of benzene rings is 1. The quantitative estimate of drug-likeness (QED) is 0.558. The number of nitrogens with one attached hydrogen (secondary N) is 1. The number of para-hydroxylation sites is 1. The van der Waals surface area contributed by atoms with Crippen LogP contribution in [0.2, 0.25) is 0 Å². The number of pyridine rings is 1. The van der Waals surface area contributed by atoms with Gasteiger partial charge >= 0.3 is 0 Å². The molecule has 3 aromatic rings. The van der Waals surface area contributed by atoms with Gasteiger partial charge in [-0.05, 0) is 37.6 Å². The van der Waals surface area contributed by atoms with E-state index in [1.807, 2.05) is 23.4 Å². The zero-order valence-electron chi connectivity index (χ0n) is 22.4. The molecule has 4 aliphatic heterocycles. The first-order chi connectivity index (χ1) is 18.4. The molecule has 0 bridgehead atoms. The number of fused-ring (bicyclic) bond motifs is 1. The van der Waals surface area contributed by atoms with E-state index >= 15 is 0 Å². The third kappa shape index (κ3) is 4.04. The number of hydrogen-bond acceptors (Lipinski definition) is 8. The van der Waals surface area contributed by atoms with Gasteiger partial charge in [-0.2, -0.15) is 0 Å². The lowest BCUT2D eigenvalue weighted by atomic mass is 9.72. The summed E-state index contributed by atoms with van der Waals surface area (Å²) < 4.78 is 0. The van der Waals surface area contributed by atoms with E-state index in [1.165, 1.54) is 18.8 Å². The summed E-state index contributed by atoms with van der Waals surface area (Å²) in [6, 6.07) is 10.5. The molecule has 4 saturated heterocycles. The molecule has 1 unspecified atom stereocenters. The van der Waals surface area contributed by atoms with Gasteiger partial charge in [0.2, 0.25) is 11.9 Å². The Bertz CT molecular complexity index is 1360. The second-order valence-corrected chi connectivity index (χ2v) is 12.0. The lowest BCUT2D eigenvalue weighted by Crippen LogP contribution is -2.72. The standard InChI is InChI=1S/C29H36N8O/c1-3-34-15-29(16-34)19-37(20-29)23-7-8-25(30-14-23)32-27-31-13-22-5-4-6-24(26(22)33-27)36-12-10-28(18-36)9-11-35(17-28)21(2)38/h4-8,13-14H,3,9-12,15-20H2,1-2H3,(H,30,31,32,33). The maximum atomic E-state index is 11.9. The molecule has 198 valence electrons. The van der Waals surface area contributed by atoms with Crippen molar-refractivity contribution < 1.29 is 4.79 Å². The molecule has 4 fully saturated rings. The Kier molecular flexibility index (Phi) is 5.47. The third-order valence-corrected chi connectivity index (χ3v) is 9.22. The predicted octanol–water partition coefficient (Wildman–Crippen LogP) is 3.36. The molecule has 9 heteroatoms. The summed E-state index contributed by atoms with van der Waals surface area (Å²) in [5.74, 6) is 1.49. The summed E-state index contributed by atoms with van der Waals surface area (Å²) in [6.45, 7) is 13.4. The molecule has 2 spiro atoms. The van der Waals surface area contributed by atoms with Crippen molar-refractivity contribution in [3.8, 4) is 0 Å². The minimum absolute atomic E-state index is 0.186. The Morgan fingerprint density at radius 3 is 2.47 bits per heavy atom. The highest BCUT2D eigenvalue weighted by molar-refractivity contribution is 5.91. The molecular formula is C29H36N8O. The van der Waals surface area contributed by atoms with E-state index in [-0.39, 0.29) is 11.3 Å². The molecule has 1 aromatic carbocycles. The zero-order valence-corrected chi connectivity index (χ0v) is 22.4. The summed E-state index contributed by atoms with van der Waals surface area (Å²) in [4.78, 5) is 35.4. The number of likely N-dealkylation sites (tertiary alicyclic amines) is 2. The molecule has 4 aliphatic rings. The molecular weight excluding hydrogens is 476 g/mol. The van der Waals surface area contributed by atoms with Crippen LogP contribution in [0.1, 0.15) is 26.7 Å². The molecule has 1 amide bonds. The van der Waals surface area contributed by atoms with Gasteiger partial charge in [-0.15, -0.1) is 0 Å². The summed E-state index contributed by atoms with van der Waals surface area (Å²) >= 11 is 0. The van der Waals surface area contributed by atoms with Crippen LogP contribution in [0.15, 0.2) is 42.7 Å². The van der Waals surface area contributed by atoms with Crippen molar-refractivity contribution in [3.63, 3.8) is 0 Å². The molecule has 6 heterocycles. The number of amides is 1. The average molecular weight is 513 g/mol. The first-order valence-electron chi connectivity index (χ1n) is 13.9. The van der Waals surface area contributed by atoms with Gasteiger partial charge in [0.05, 0.1) is 23.1 Å². The van der Waals surface area contributed by atoms with Crippen molar-refractivity contribution in [3.05, 3.63) is 42.7 Å². The Morgan fingerprint density at radius 1 is 0.921 bits per heavy atom. The highest BCUT2D eigenvalue weighted by Crippen LogP contribution is 2.43. The molecule has 1 atom stereocenters. The fourth-order valence-corrected chi connectivity index (χ4v) is 7.07. The van der Waals surface area contributed by atoms with Crippen LogP contribution in [0.25, 0.3) is 10.9 Å². The van der Waals surface area contributed by atoms with Crippen molar-refractivity contribution in [1.29, 1.82) is 0 Å². The van der Waals surface area contributed by atoms with E-state index in [4.69, 9.17) is 4.98 Å². The molecule has 38 heavy (non-hydrogen) atoms. The third-order valence-electron chi connectivity index (χ3n) is 9.22. The van der Waals surface area contributed by atoms with Gasteiger partial charge in [-0.1, -0.05) is 19.1 Å². The minimum atomic E-state index is 0.186. The highest BCUT2D eigenvalue weighted by atomic mass is 16.2. The van der Waals surface area contributed by atoms with Crippen molar-refractivity contribution in [2.45, 2.75) is 26.7 Å². The molecule has 0 aliphatic carbocycles. The summed E-state index contributed by atoms with van der Waals surface area (Å²) in [5.41, 5.74) is 3.96. The maximum Gasteiger partial charge on any atom is 0.228 e. The highest BCUT2D eigenvalue weighted by Gasteiger charge is 2.51. The number of anilines is 4. The summed E-state index contributed by atoms with van der Waals surface area (Å²) in [7, 11) is 0. The largest absolute Gasteiger partial charge is 0.369 e. The first kappa shape index (κ1) is 23.6. The van der Waals surface area contributed by atoms with Gasteiger partial charge in [-0.25, -0.2) is 15.0 Å². The van der Waals surface area contributed by atoms with Crippen molar-refractivity contribution in [2.24, 2.45) is 10.8 Å². The summed E-state index contributed by atoms with van der Waals surface area (Å²) in [5, 5.41) is 4.34. The summed E-state index contributed by atoms with van der Waals surface area (Å²) in [6.07, 6.45) is 6.02. The second kappa shape index (κ2) is 8.80. The topological polar surface area (TPSA) is 80.7 Å². The molecule has 7 rings (SSSR count). The minimum Gasteiger partial charge on any atom is -0.369 e. The van der Waals surface area contributed by atoms with Crippen molar-refractivity contribution in [2.75, 3.05) is 74.0 Å². The second-order valence-electron chi connectivity index (χ2n) is 12.0. The number of nitrogens with zero attached hydrogens (tertiary/aromatic N) is 7. The van der Waals surface area contributed by atoms with Crippen molar-refractivity contribution >= 4 is 40.0 Å². The van der Waals surface area contributed by atoms with Crippen LogP contribution < -0.4 is 15.1 Å².